The number of hydrogen-bond donors (Lipinski definition) is 2. The van der Waals surface area contributed by atoms with Gasteiger partial charge in [0.25, 0.3) is 0 Å². The monoisotopic (exact) mass is 298 g/mol. The number of nitrogens with one attached hydrogen (secondary N) is 1. The largest absolute Gasteiger partial charge is 0.465 e. The van der Waals surface area contributed by atoms with Gasteiger partial charge in [0.1, 0.15) is 0 Å². The Balaban J connectivity index is 2.63. The van der Waals surface area contributed by atoms with Crippen molar-refractivity contribution in [3.05, 3.63) is 47.5 Å². The fourth-order valence-corrected chi connectivity index (χ4v) is 2.56. The molecule has 0 amide bonds. The number of hydrogen-bond acceptors (Lipinski definition) is 5. The lowest BCUT2D eigenvalue weighted by Gasteiger charge is -2.05. The van der Waals surface area contributed by atoms with E-state index in [2.05, 4.69) is 9.46 Å². The van der Waals surface area contributed by atoms with Gasteiger partial charge in [0.2, 0.25) is 10.0 Å². The second kappa shape index (κ2) is 7.78. The van der Waals surface area contributed by atoms with Crippen LogP contribution in [0.5, 0.6) is 0 Å². The van der Waals surface area contributed by atoms with Crippen LogP contribution in [0.4, 0.5) is 0 Å². The van der Waals surface area contributed by atoms with Gasteiger partial charge in [-0.3, -0.25) is 0 Å². The number of sulfonamides is 1. The van der Waals surface area contributed by atoms with Crippen LogP contribution in [0.3, 0.4) is 0 Å². The number of nitrogens with two attached hydrogens (primary N) is 1. The summed E-state index contributed by atoms with van der Waals surface area (Å²) < 4.78 is 30.5. The lowest BCUT2D eigenvalue weighted by atomic mass is 10.1. The van der Waals surface area contributed by atoms with E-state index < -0.39 is 16.0 Å². The van der Waals surface area contributed by atoms with E-state index in [0.717, 1.165) is 0 Å². The van der Waals surface area contributed by atoms with Crippen LogP contribution >= 0.6 is 0 Å². The van der Waals surface area contributed by atoms with Crippen molar-refractivity contribution in [3.8, 4) is 0 Å². The number of rotatable bonds is 7. The average Bonchev–Trinajstić information content (AvgIpc) is 2.43. The number of carbonyl (C=O) groups is 1. The highest BCUT2D eigenvalue weighted by Gasteiger charge is 2.11. The molecule has 0 aliphatic carbocycles. The van der Waals surface area contributed by atoms with E-state index in [9.17, 15) is 13.2 Å². The Hall–Kier alpha value is -1.70. The summed E-state index contributed by atoms with van der Waals surface area (Å²) in [6, 6.07) is 6.23. The highest BCUT2D eigenvalue weighted by molar-refractivity contribution is 7.88. The van der Waals surface area contributed by atoms with E-state index in [1.54, 1.807) is 24.3 Å². The Morgan fingerprint density at radius 3 is 2.50 bits per heavy atom. The van der Waals surface area contributed by atoms with Crippen LogP contribution in [-0.4, -0.2) is 34.6 Å². The molecule has 0 aromatic heterocycles. The molecule has 0 fully saturated rings. The van der Waals surface area contributed by atoms with Crippen molar-refractivity contribution in [2.24, 2.45) is 5.73 Å². The molecule has 7 heteroatoms. The zero-order valence-electron chi connectivity index (χ0n) is 11.2. The van der Waals surface area contributed by atoms with Crippen molar-refractivity contribution in [1.29, 1.82) is 0 Å². The Kier molecular flexibility index (Phi) is 6.37. The minimum absolute atomic E-state index is 0.148. The lowest BCUT2D eigenvalue weighted by Crippen LogP contribution is -2.25. The minimum Gasteiger partial charge on any atom is -0.465 e. The molecule has 0 unspecified atom stereocenters. The molecule has 0 heterocycles. The number of esters is 1. The van der Waals surface area contributed by atoms with Crippen molar-refractivity contribution in [1.82, 2.24) is 4.72 Å². The van der Waals surface area contributed by atoms with Crippen molar-refractivity contribution < 1.29 is 17.9 Å². The van der Waals surface area contributed by atoms with Gasteiger partial charge in [0.15, 0.2) is 0 Å². The first-order valence-electron chi connectivity index (χ1n) is 5.98. The van der Waals surface area contributed by atoms with Gasteiger partial charge in [-0.2, -0.15) is 0 Å². The molecule has 0 saturated heterocycles. The van der Waals surface area contributed by atoms with Gasteiger partial charge < -0.3 is 10.5 Å². The third-order valence-electron chi connectivity index (χ3n) is 2.46. The van der Waals surface area contributed by atoms with Gasteiger partial charge in [-0.25, -0.2) is 17.9 Å². The Morgan fingerprint density at radius 1 is 1.30 bits per heavy atom. The molecule has 0 atom stereocenters. The van der Waals surface area contributed by atoms with Gasteiger partial charge in [0, 0.05) is 13.1 Å². The first-order valence-corrected chi connectivity index (χ1v) is 7.63. The minimum atomic E-state index is -3.41. The first kappa shape index (κ1) is 16.4. The standard InChI is InChI=1S/C13H18N2O4S/c1-19-13(16)12-6-4-11(5-7-12)10-20(17,18)15-9-3-2-8-14/h2-7,15H,8-10,14H2,1H3/b3-2+. The highest BCUT2D eigenvalue weighted by Crippen LogP contribution is 2.08. The number of ether oxygens (including phenoxy) is 1. The molecule has 0 aliphatic rings. The number of carbonyl (C=O) groups excluding carboxylic acids is 1. The van der Waals surface area contributed by atoms with Crippen molar-refractivity contribution >= 4 is 16.0 Å². The maximum atomic E-state index is 11.8. The Labute approximate surface area is 118 Å². The average molecular weight is 298 g/mol. The van der Waals surface area contributed by atoms with Crippen LogP contribution in [0, 0.1) is 0 Å². The summed E-state index contributed by atoms with van der Waals surface area (Å²) >= 11 is 0. The Morgan fingerprint density at radius 2 is 1.95 bits per heavy atom. The van der Waals surface area contributed by atoms with Gasteiger partial charge in [0.05, 0.1) is 18.4 Å². The van der Waals surface area contributed by atoms with E-state index in [-0.39, 0.29) is 12.3 Å². The fraction of sp³-hybridized carbons (Fsp3) is 0.308. The van der Waals surface area contributed by atoms with Crippen LogP contribution in [-0.2, 0) is 20.5 Å². The van der Waals surface area contributed by atoms with Crippen LogP contribution in [0.1, 0.15) is 15.9 Å². The van der Waals surface area contributed by atoms with E-state index in [0.29, 0.717) is 17.7 Å². The normalized spacial score (nSPS) is 11.7. The Bertz CT molecular complexity index is 565. The molecule has 3 N–H and O–H groups in total. The third kappa shape index (κ3) is 5.52. The summed E-state index contributed by atoms with van der Waals surface area (Å²) in [5.74, 6) is -0.602. The van der Waals surface area contributed by atoms with Crippen molar-refractivity contribution in [2.45, 2.75) is 5.75 Å². The first-order chi connectivity index (χ1) is 9.48. The van der Waals surface area contributed by atoms with Crippen molar-refractivity contribution in [3.63, 3.8) is 0 Å². The van der Waals surface area contributed by atoms with Gasteiger partial charge in [-0.05, 0) is 17.7 Å². The quantitative estimate of drug-likeness (QED) is 0.561. The summed E-state index contributed by atoms with van der Waals surface area (Å²) in [5, 5.41) is 0. The topological polar surface area (TPSA) is 98.5 Å². The second-order valence-corrected chi connectivity index (χ2v) is 5.81. The third-order valence-corrected chi connectivity index (χ3v) is 3.78. The molecule has 1 rings (SSSR count). The summed E-state index contributed by atoms with van der Waals surface area (Å²) in [6.45, 7) is 0.580. The van der Waals surface area contributed by atoms with Crippen molar-refractivity contribution in [2.75, 3.05) is 20.2 Å². The summed E-state index contributed by atoms with van der Waals surface area (Å²) in [6.07, 6.45) is 3.32. The molecule has 0 bridgehead atoms. The van der Waals surface area contributed by atoms with E-state index in [1.807, 2.05) is 0 Å². The maximum absolute atomic E-state index is 11.8. The number of methoxy groups -OCH3 is 1. The van der Waals surface area contributed by atoms with Gasteiger partial charge >= 0.3 is 5.97 Å². The summed E-state index contributed by atoms with van der Waals surface area (Å²) in [7, 11) is -2.12. The summed E-state index contributed by atoms with van der Waals surface area (Å²) in [5.41, 5.74) is 6.22. The summed E-state index contributed by atoms with van der Waals surface area (Å²) in [4.78, 5) is 11.2. The number of benzene rings is 1. The molecule has 1 aromatic carbocycles. The molecular weight excluding hydrogens is 280 g/mol. The zero-order chi connectivity index (χ0) is 15.0. The molecular formula is C13H18N2O4S. The molecule has 0 saturated carbocycles. The molecule has 6 nitrogen and oxygen atoms in total. The van der Waals surface area contributed by atoms with Crippen LogP contribution in [0.25, 0.3) is 0 Å². The predicted octanol–water partition coefficient (Wildman–Crippen LogP) is 0.408. The molecule has 1 aromatic rings. The molecule has 0 radical (unpaired) electrons. The van der Waals surface area contributed by atoms with E-state index >= 15 is 0 Å². The van der Waals surface area contributed by atoms with Gasteiger partial charge in [-0.1, -0.05) is 24.3 Å². The van der Waals surface area contributed by atoms with E-state index in [1.165, 1.54) is 19.2 Å². The molecule has 20 heavy (non-hydrogen) atoms. The second-order valence-electron chi connectivity index (χ2n) is 4.00. The van der Waals surface area contributed by atoms with Crippen LogP contribution < -0.4 is 10.5 Å². The van der Waals surface area contributed by atoms with Crippen LogP contribution in [0.15, 0.2) is 36.4 Å². The van der Waals surface area contributed by atoms with E-state index in [4.69, 9.17) is 5.73 Å². The van der Waals surface area contributed by atoms with Gasteiger partial charge in [-0.15, -0.1) is 0 Å². The molecule has 0 spiro atoms. The zero-order valence-corrected chi connectivity index (χ0v) is 12.0. The fourth-order valence-electron chi connectivity index (χ4n) is 1.48. The van der Waals surface area contributed by atoms with Crippen LogP contribution in [0.2, 0.25) is 0 Å². The highest BCUT2D eigenvalue weighted by atomic mass is 32.2. The lowest BCUT2D eigenvalue weighted by molar-refractivity contribution is 0.0600. The SMILES string of the molecule is COC(=O)c1ccc(CS(=O)(=O)NC/C=C/CN)cc1. The maximum Gasteiger partial charge on any atom is 0.337 e. The molecule has 110 valence electrons. The smallest absolute Gasteiger partial charge is 0.337 e. The molecule has 0 aliphatic heterocycles. The predicted molar refractivity (Wildman–Crippen MR) is 76.6 cm³/mol.